The number of nitrogens with one attached hydrogen (secondary N) is 2. The van der Waals surface area contributed by atoms with Gasteiger partial charge in [0.2, 0.25) is 5.91 Å². The maximum atomic E-state index is 12.2. The summed E-state index contributed by atoms with van der Waals surface area (Å²) in [6.45, 7) is 0.883. The van der Waals surface area contributed by atoms with Gasteiger partial charge in [0.1, 0.15) is 5.75 Å². The molecule has 0 spiro atoms. The predicted molar refractivity (Wildman–Crippen MR) is 98.5 cm³/mol. The number of benzene rings is 2. The minimum atomic E-state index is -0.184. The fraction of sp³-hybridized carbons (Fsp3) is 0.263. The third-order valence-corrected chi connectivity index (χ3v) is 4.57. The largest absolute Gasteiger partial charge is 0.493 e. The summed E-state index contributed by atoms with van der Waals surface area (Å²) in [5.74, 6) is 0.553. The number of hydrogen-bond donors (Lipinski definition) is 2. The number of fused-ring (bicyclic) bond motifs is 1. The topological polar surface area (TPSA) is 67.4 Å². The molecule has 6 heteroatoms. The van der Waals surface area contributed by atoms with Gasteiger partial charge in [0.25, 0.3) is 5.91 Å². The summed E-state index contributed by atoms with van der Waals surface area (Å²) in [5.41, 5.74) is 1.57. The van der Waals surface area contributed by atoms with Gasteiger partial charge in [0, 0.05) is 35.0 Å². The lowest BCUT2D eigenvalue weighted by Gasteiger charge is -2.26. The Morgan fingerprint density at radius 2 is 1.88 bits per heavy atom. The lowest BCUT2D eigenvalue weighted by molar-refractivity contribution is -0.121. The number of ether oxygens (including phenoxy) is 1. The number of para-hydroxylation sites is 1. The van der Waals surface area contributed by atoms with Crippen LogP contribution in [0.25, 0.3) is 0 Å². The predicted octanol–water partition coefficient (Wildman–Crippen LogP) is 3.21. The van der Waals surface area contributed by atoms with Gasteiger partial charge in [0.05, 0.1) is 12.6 Å². The van der Waals surface area contributed by atoms with Crippen molar-refractivity contribution in [2.45, 2.75) is 18.9 Å². The van der Waals surface area contributed by atoms with E-state index in [2.05, 4.69) is 26.6 Å². The highest BCUT2D eigenvalue weighted by Crippen LogP contribution is 2.31. The van der Waals surface area contributed by atoms with Crippen LogP contribution in [-0.4, -0.2) is 25.0 Å². The van der Waals surface area contributed by atoms with Gasteiger partial charge in [-0.2, -0.15) is 0 Å². The van der Waals surface area contributed by atoms with Crippen LogP contribution in [0.15, 0.2) is 53.0 Å². The molecule has 0 radical (unpaired) electrons. The van der Waals surface area contributed by atoms with Crippen molar-refractivity contribution in [1.82, 2.24) is 10.6 Å². The van der Waals surface area contributed by atoms with Crippen molar-refractivity contribution in [2.75, 3.05) is 13.2 Å². The van der Waals surface area contributed by atoms with Crippen LogP contribution in [-0.2, 0) is 4.79 Å². The maximum Gasteiger partial charge on any atom is 0.251 e. The number of rotatable bonds is 5. The van der Waals surface area contributed by atoms with Gasteiger partial charge < -0.3 is 15.4 Å². The molecule has 2 amide bonds. The summed E-state index contributed by atoms with van der Waals surface area (Å²) in [7, 11) is 0. The standard InChI is InChI=1S/C19H19BrN2O3/c20-14-7-5-13(6-8-14)19(24)21-11-9-18(23)22-16-10-12-25-17-4-2-1-3-15(16)17/h1-8,16H,9-12H2,(H,21,24)(H,22,23)/t16-/m1/s1. The zero-order valence-electron chi connectivity index (χ0n) is 13.6. The van der Waals surface area contributed by atoms with E-state index in [1.807, 2.05) is 36.4 Å². The summed E-state index contributed by atoms with van der Waals surface area (Å²) in [6.07, 6.45) is 0.982. The summed E-state index contributed by atoms with van der Waals surface area (Å²) >= 11 is 3.33. The Kier molecular flexibility index (Phi) is 5.71. The highest BCUT2D eigenvalue weighted by molar-refractivity contribution is 9.10. The molecule has 0 aromatic heterocycles. The van der Waals surface area contributed by atoms with Gasteiger partial charge in [-0.1, -0.05) is 34.1 Å². The molecule has 2 aromatic carbocycles. The summed E-state index contributed by atoms with van der Waals surface area (Å²) < 4.78 is 6.51. The smallest absolute Gasteiger partial charge is 0.251 e. The van der Waals surface area contributed by atoms with E-state index in [9.17, 15) is 9.59 Å². The van der Waals surface area contributed by atoms with Crippen LogP contribution in [0.1, 0.15) is 34.8 Å². The molecular formula is C19H19BrN2O3. The molecule has 2 N–H and O–H groups in total. The minimum absolute atomic E-state index is 0.0420. The van der Waals surface area contributed by atoms with Gasteiger partial charge in [-0.05, 0) is 30.3 Å². The monoisotopic (exact) mass is 402 g/mol. The van der Waals surface area contributed by atoms with Crippen molar-refractivity contribution in [2.24, 2.45) is 0 Å². The average molecular weight is 403 g/mol. The Morgan fingerprint density at radius 1 is 1.12 bits per heavy atom. The van der Waals surface area contributed by atoms with Crippen LogP contribution < -0.4 is 15.4 Å². The van der Waals surface area contributed by atoms with Gasteiger partial charge in [0.15, 0.2) is 0 Å². The van der Waals surface area contributed by atoms with Crippen molar-refractivity contribution >= 4 is 27.7 Å². The van der Waals surface area contributed by atoms with Crippen LogP contribution in [0.3, 0.4) is 0 Å². The molecule has 1 atom stereocenters. The van der Waals surface area contributed by atoms with E-state index >= 15 is 0 Å². The Hall–Kier alpha value is -2.34. The van der Waals surface area contributed by atoms with Crippen molar-refractivity contribution in [3.63, 3.8) is 0 Å². The van der Waals surface area contributed by atoms with E-state index in [1.165, 1.54) is 0 Å². The second-order valence-corrected chi connectivity index (χ2v) is 6.72. The molecule has 1 heterocycles. The number of amides is 2. The molecule has 2 aromatic rings. The first-order valence-electron chi connectivity index (χ1n) is 8.18. The molecule has 5 nitrogen and oxygen atoms in total. The van der Waals surface area contributed by atoms with E-state index in [0.717, 1.165) is 22.2 Å². The normalized spacial score (nSPS) is 15.6. The Bertz CT molecular complexity index is 762. The van der Waals surface area contributed by atoms with E-state index in [1.54, 1.807) is 12.1 Å². The van der Waals surface area contributed by atoms with Crippen LogP contribution >= 0.6 is 15.9 Å². The molecule has 3 rings (SSSR count). The molecule has 130 valence electrons. The third kappa shape index (κ3) is 4.60. The Balaban J connectivity index is 1.47. The average Bonchev–Trinajstić information content (AvgIpc) is 2.62. The minimum Gasteiger partial charge on any atom is -0.493 e. The van der Waals surface area contributed by atoms with E-state index in [-0.39, 0.29) is 24.3 Å². The van der Waals surface area contributed by atoms with Crippen LogP contribution in [0, 0.1) is 0 Å². The molecule has 25 heavy (non-hydrogen) atoms. The van der Waals surface area contributed by atoms with Gasteiger partial charge >= 0.3 is 0 Å². The van der Waals surface area contributed by atoms with Crippen LogP contribution in [0.4, 0.5) is 0 Å². The van der Waals surface area contributed by atoms with E-state index in [0.29, 0.717) is 18.7 Å². The number of hydrogen-bond acceptors (Lipinski definition) is 3. The van der Waals surface area contributed by atoms with Crippen molar-refractivity contribution < 1.29 is 14.3 Å². The molecule has 1 aliphatic rings. The Labute approximate surface area is 154 Å². The first-order valence-corrected chi connectivity index (χ1v) is 8.97. The molecule has 1 aliphatic heterocycles. The van der Waals surface area contributed by atoms with Crippen molar-refractivity contribution in [3.05, 3.63) is 64.1 Å². The van der Waals surface area contributed by atoms with Gasteiger partial charge in [-0.15, -0.1) is 0 Å². The fourth-order valence-electron chi connectivity index (χ4n) is 2.75. The van der Waals surface area contributed by atoms with E-state index < -0.39 is 0 Å². The van der Waals surface area contributed by atoms with Crippen molar-refractivity contribution in [1.29, 1.82) is 0 Å². The van der Waals surface area contributed by atoms with Crippen LogP contribution in [0.2, 0.25) is 0 Å². The third-order valence-electron chi connectivity index (χ3n) is 4.04. The zero-order valence-corrected chi connectivity index (χ0v) is 15.2. The second-order valence-electron chi connectivity index (χ2n) is 5.81. The first kappa shape index (κ1) is 17.5. The highest BCUT2D eigenvalue weighted by Gasteiger charge is 2.22. The molecule has 0 unspecified atom stereocenters. The summed E-state index contributed by atoms with van der Waals surface area (Å²) in [6, 6.07) is 14.8. The molecule has 0 saturated carbocycles. The number of halogens is 1. The fourth-order valence-corrected chi connectivity index (χ4v) is 3.02. The van der Waals surface area contributed by atoms with Gasteiger partial charge in [-0.25, -0.2) is 0 Å². The van der Waals surface area contributed by atoms with Crippen LogP contribution in [0.5, 0.6) is 5.75 Å². The highest BCUT2D eigenvalue weighted by atomic mass is 79.9. The quantitative estimate of drug-likeness (QED) is 0.806. The molecule has 0 fully saturated rings. The maximum absolute atomic E-state index is 12.2. The SMILES string of the molecule is O=C(CCNC(=O)c1ccc(Br)cc1)N[C@@H]1CCOc2ccccc21. The Morgan fingerprint density at radius 3 is 2.68 bits per heavy atom. The zero-order chi connectivity index (χ0) is 17.6. The number of carbonyl (C=O) groups excluding carboxylic acids is 2. The number of carbonyl (C=O) groups is 2. The molecule has 0 saturated heterocycles. The molecular weight excluding hydrogens is 384 g/mol. The second kappa shape index (κ2) is 8.16. The van der Waals surface area contributed by atoms with Gasteiger partial charge in [-0.3, -0.25) is 9.59 Å². The lowest BCUT2D eigenvalue weighted by atomic mass is 10.0. The molecule has 0 aliphatic carbocycles. The van der Waals surface area contributed by atoms with E-state index in [4.69, 9.17) is 4.74 Å². The summed E-state index contributed by atoms with van der Waals surface area (Å²) in [5, 5.41) is 5.79. The molecule has 0 bridgehead atoms. The summed E-state index contributed by atoms with van der Waals surface area (Å²) in [4.78, 5) is 24.2. The first-order chi connectivity index (χ1) is 12.1. The lowest BCUT2D eigenvalue weighted by Crippen LogP contribution is -2.34. The van der Waals surface area contributed by atoms with Crippen molar-refractivity contribution in [3.8, 4) is 5.75 Å².